The van der Waals surface area contributed by atoms with Crippen molar-refractivity contribution in [2.45, 2.75) is 6.92 Å². The van der Waals surface area contributed by atoms with Gasteiger partial charge in [0.25, 0.3) is 5.69 Å². The van der Waals surface area contributed by atoms with Crippen LogP contribution in [-0.4, -0.2) is 23.5 Å². The van der Waals surface area contributed by atoms with Crippen LogP contribution >= 0.6 is 0 Å². The number of nitro benzene ring substituents is 1. The standard InChI is InChI=1S/C18H13NO7/c1-11(20)12-2-5-14(6-3-12)26-18(21)7-4-13-8-16-17(25-10-24-16)9-15(13)19(22)23/h2-9H,10H2,1H3/b7-4+. The highest BCUT2D eigenvalue weighted by Gasteiger charge is 2.22. The van der Waals surface area contributed by atoms with Crippen LogP contribution in [0.15, 0.2) is 42.5 Å². The lowest BCUT2D eigenvalue weighted by atomic mass is 10.1. The molecule has 0 unspecified atom stereocenters. The van der Waals surface area contributed by atoms with E-state index in [0.717, 1.165) is 6.08 Å². The van der Waals surface area contributed by atoms with Crippen molar-refractivity contribution in [1.29, 1.82) is 0 Å². The van der Waals surface area contributed by atoms with E-state index in [0.29, 0.717) is 11.3 Å². The summed E-state index contributed by atoms with van der Waals surface area (Å²) in [5, 5.41) is 11.2. The molecular formula is C18H13NO7. The van der Waals surface area contributed by atoms with Crippen molar-refractivity contribution >= 4 is 23.5 Å². The van der Waals surface area contributed by atoms with E-state index in [1.807, 2.05) is 0 Å². The number of nitro groups is 1. The topological polar surface area (TPSA) is 105 Å². The molecule has 1 heterocycles. The summed E-state index contributed by atoms with van der Waals surface area (Å²) in [7, 11) is 0. The number of ketones is 1. The van der Waals surface area contributed by atoms with Gasteiger partial charge in [-0.25, -0.2) is 4.79 Å². The van der Waals surface area contributed by atoms with Crippen LogP contribution < -0.4 is 14.2 Å². The van der Waals surface area contributed by atoms with E-state index in [4.69, 9.17) is 14.2 Å². The number of carbonyl (C=O) groups excluding carboxylic acids is 2. The van der Waals surface area contributed by atoms with Crippen molar-refractivity contribution in [3.63, 3.8) is 0 Å². The molecule has 26 heavy (non-hydrogen) atoms. The van der Waals surface area contributed by atoms with Gasteiger partial charge in [-0.3, -0.25) is 14.9 Å². The molecule has 0 saturated heterocycles. The third-order valence-electron chi connectivity index (χ3n) is 3.60. The summed E-state index contributed by atoms with van der Waals surface area (Å²) in [4.78, 5) is 33.7. The largest absolute Gasteiger partial charge is 0.454 e. The highest BCUT2D eigenvalue weighted by molar-refractivity contribution is 5.94. The Morgan fingerprint density at radius 2 is 1.81 bits per heavy atom. The molecule has 0 spiro atoms. The van der Waals surface area contributed by atoms with Gasteiger partial charge in [0.15, 0.2) is 17.3 Å². The van der Waals surface area contributed by atoms with Gasteiger partial charge in [0.2, 0.25) is 6.79 Å². The molecule has 0 saturated carbocycles. The number of carbonyl (C=O) groups is 2. The molecule has 0 atom stereocenters. The number of nitrogens with zero attached hydrogens (tertiary/aromatic N) is 1. The smallest absolute Gasteiger partial charge is 0.336 e. The predicted molar refractivity (Wildman–Crippen MR) is 90.3 cm³/mol. The molecule has 2 aromatic carbocycles. The molecule has 0 aliphatic carbocycles. The Hall–Kier alpha value is -3.68. The Morgan fingerprint density at radius 1 is 1.15 bits per heavy atom. The maximum Gasteiger partial charge on any atom is 0.336 e. The SMILES string of the molecule is CC(=O)c1ccc(OC(=O)/C=C/c2cc3c(cc2[N+](=O)[O-])OCO3)cc1. The molecule has 0 bridgehead atoms. The second kappa shape index (κ2) is 7.06. The van der Waals surface area contributed by atoms with Crippen LogP contribution in [-0.2, 0) is 4.79 Å². The van der Waals surface area contributed by atoms with Gasteiger partial charge in [0.05, 0.1) is 16.6 Å². The molecule has 1 aliphatic heterocycles. The molecule has 0 amide bonds. The number of hydrogen-bond acceptors (Lipinski definition) is 7. The Bertz CT molecular complexity index is 916. The zero-order valence-corrected chi connectivity index (χ0v) is 13.6. The third kappa shape index (κ3) is 3.69. The Morgan fingerprint density at radius 3 is 2.42 bits per heavy atom. The fraction of sp³-hybridized carbons (Fsp3) is 0.111. The van der Waals surface area contributed by atoms with Crippen molar-refractivity contribution in [3.8, 4) is 17.2 Å². The Labute approximate surface area is 147 Å². The van der Waals surface area contributed by atoms with Gasteiger partial charge in [0.1, 0.15) is 5.75 Å². The van der Waals surface area contributed by atoms with Crippen molar-refractivity contribution < 1.29 is 28.7 Å². The van der Waals surface area contributed by atoms with Crippen LogP contribution in [0.5, 0.6) is 17.2 Å². The normalized spacial score (nSPS) is 12.2. The number of esters is 1. The molecular weight excluding hydrogens is 342 g/mol. The molecule has 8 nitrogen and oxygen atoms in total. The zero-order valence-electron chi connectivity index (χ0n) is 13.6. The Kier molecular flexibility index (Phi) is 4.66. The van der Waals surface area contributed by atoms with Gasteiger partial charge in [0, 0.05) is 11.6 Å². The first-order valence-corrected chi connectivity index (χ1v) is 7.53. The lowest BCUT2D eigenvalue weighted by Crippen LogP contribution is -2.04. The van der Waals surface area contributed by atoms with E-state index in [1.54, 1.807) is 0 Å². The van der Waals surface area contributed by atoms with Crippen molar-refractivity contribution in [2.24, 2.45) is 0 Å². The molecule has 0 fully saturated rings. The summed E-state index contributed by atoms with van der Waals surface area (Å²) in [5.41, 5.74) is 0.462. The van der Waals surface area contributed by atoms with E-state index < -0.39 is 10.9 Å². The highest BCUT2D eigenvalue weighted by atomic mass is 16.7. The van der Waals surface area contributed by atoms with Gasteiger partial charge >= 0.3 is 5.97 Å². The van der Waals surface area contributed by atoms with Gasteiger partial charge in [-0.15, -0.1) is 0 Å². The molecule has 8 heteroatoms. The van der Waals surface area contributed by atoms with E-state index in [2.05, 4.69) is 0 Å². The van der Waals surface area contributed by atoms with Crippen LogP contribution in [0, 0.1) is 10.1 Å². The summed E-state index contributed by atoms with van der Waals surface area (Å²) >= 11 is 0. The number of Topliss-reactive ketones (excluding diaryl/α,β-unsaturated/α-hetero) is 1. The molecule has 0 aromatic heterocycles. The second-order valence-electron chi connectivity index (χ2n) is 5.36. The van der Waals surface area contributed by atoms with Crippen LogP contribution in [0.25, 0.3) is 6.08 Å². The second-order valence-corrected chi connectivity index (χ2v) is 5.36. The van der Waals surface area contributed by atoms with E-state index in [-0.39, 0.29) is 35.3 Å². The molecule has 0 radical (unpaired) electrons. The quantitative estimate of drug-likeness (QED) is 0.203. The van der Waals surface area contributed by atoms with Gasteiger partial charge in [-0.05, 0) is 43.3 Å². The minimum absolute atomic E-state index is 0.0159. The summed E-state index contributed by atoms with van der Waals surface area (Å²) < 4.78 is 15.4. The minimum atomic E-state index is -0.715. The van der Waals surface area contributed by atoms with Gasteiger partial charge in [-0.2, -0.15) is 0 Å². The summed E-state index contributed by atoms with van der Waals surface area (Å²) in [6.07, 6.45) is 2.34. The monoisotopic (exact) mass is 355 g/mol. The summed E-state index contributed by atoms with van der Waals surface area (Å²) in [5.74, 6) is 0.0840. The number of ether oxygens (including phenoxy) is 3. The van der Waals surface area contributed by atoms with E-state index in [9.17, 15) is 19.7 Å². The average molecular weight is 355 g/mol. The third-order valence-corrected chi connectivity index (χ3v) is 3.60. The van der Waals surface area contributed by atoms with Gasteiger partial charge < -0.3 is 14.2 Å². The van der Waals surface area contributed by atoms with Crippen molar-refractivity contribution in [3.05, 3.63) is 63.7 Å². The fourth-order valence-electron chi connectivity index (χ4n) is 2.30. The maximum absolute atomic E-state index is 11.9. The summed E-state index contributed by atoms with van der Waals surface area (Å²) in [6.45, 7) is 1.42. The van der Waals surface area contributed by atoms with Gasteiger partial charge in [-0.1, -0.05) is 0 Å². The predicted octanol–water partition coefficient (Wildman–Crippen LogP) is 3.14. The number of rotatable bonds is 5. The average Bonchev–Trinajstić information content (AvgIpc) is 3.06. The number of benzene rings is 2. The maximum atomic E-state index is 11.9. The van der Waals surface area contributed by atoms with Crippen LogP contribution in [0.1, 0.15) is 22.8 Å². The number of hydrogen-bond donors (Lipinski definition) is 0. The number of fused-ring (bicyclic) bond motifs is 1. The van der Waals surface area contributed by atoms with Crippen LogP contribution in [0.3, 0.4) is 0 Å². The lowest BCUT2D eigenvalue weighted by Gasteiger charge is -2.03. The molecule has 132 valence electrons. The van der Waals surface area contributed by atoms with Crippen LogP contribution in [0.4, 0.5) is 5.69 Å². The highest BCUT2D eigenvalue weighted by Crippen LogP contribution is 2.38. The van der Waals surface area contributed by atoms with Crippen LogP contribution in [0.2, 0.25) is 0 Å². The van der Waals surface area contributed by atoms with Crippen molar-refractivity contribution in [1.82, 2.24) is 0 Å². The lowest BCUT2D eigenvalue weighted by molar-refractivity contribution is -0.385. The van der Waals surface area contributed by atoms with E-state index >= 15 is 0 Å². The Balaban J connectivity index is 1.76. The molecule has 2 aromatic rings. The minimum Gasteiger partial charge on any atom is -0.454 e. The van der Waals surface area contributed by atoms with E-state index in [1.165, 1.54) is 49.4 Å². The molecule has 0 N–H and O–H groups in total. The fourth-order valence-corrected chi connectivity index (χ4v) is 2.30. The molecule has 1 aliphatic rings. The first-order valence-electron chi connectivity index (χ1n) is 7.53. The summed E-state index contributed by atoms with van der Waals surface area (Å²) in [6, 6.07) is 8.73. The zero-order chi connectivity index (χ0) is 18.7. The first-order chi connectivity index (χ1) is 12.4. The molecule has 3 rings (SSSR count). The van der Waals surface area contributed by atoms with Crippen molar-refractivity contribution in [2.75, 3.05) is 6.79 Å². The first kappa shape index (κ1) is 17.2.